The van der Waals surface area contributed by atoms with Gasteiger partial charge in [-0.05, 0) is 19.8 Å². The quantitative estimate of drug-likeness (QED) is 0.398. The van der Waals surface area contributed by atoms with Crippen LogP contribution in [0.3, 0.4) is 0 Å². The molecule has 0 aromatic carbocycles. The van der Waals surface area contributed by atoms with Gasteiger partial charge in [0.15, 0.2) is 6.29 Å². The Morgan fingerprint density at radius 2 is 1.23 bits per heavy atom. The van der Waals surface area contributed by atoms with Crippen molar-refractivity contribution in [2.75, 3.05) is 19.8 Å². The maximum Gasteiger partial charge on any atom is 0.157 e. The molecule has 0 atom stereocenters. The highest BCUT2D eigenvalue weighted by Gasteiger charge is 2.21. The minimum absolute atomic E-state index is 0.00951. The third kappa shape index (κ3) is 10.6. The summed E-state index contributed by atoms with van der Waals surface area (Å²) in [5.41, 5.74) is 0. The van der Waals surface area contributed by atoms with Crippen molar-refractivity contribution in [1.29, 1.82) is 0 Å². The summed E-state index contributed by atoms with van der Waals surface area (Å²) >= 11 is 0. The Morgan fingerprint density at radius 3 is 1.73 bits per heavy atom. The molecule has 0 aromatic heterocycles. The second-order valence-electron chi connectivity index (χ2n) is 6.50. The zero-order chi connectivity index (χ0) is 15.9. The van der Waals surface area contributed by atoms with E-state index in [9.17, 15) is 0 Å². The highest BCUT2D eigenvalue weighted by Crippen LogP contribution is 2.16. The molecule has 0 unspecified atom stereocenters. The van der Waals surface area contributed by atoms with Crippen molar-refractivity contribution in [2.45, 2.75) is 103 Å². The van der Waals surface area contributed by atoms with E-state index in [0.717, 1.165) is 13.0 Å². The van der Waals surface area contributed by atoms with E-state index in [1.54, 1.807) is 0 Å². The zero-order valence-corrected chi connectivity index (χ0v) is 15.0. The van der Waals surface area contributed by atoms with Crippen LogP contribution in [0.5, 0.6) is 0 Å². The summed E-state index contributed by atoms with van der Waals surface area (Å²) < 4.78 is 16.9. The molecule has 1 rings (SSSR count). The van der Waals surface area contributed by atoms with Gasteiger partial charge >= 0.3 is 0 Å². The summed E-state index contributed by atoms with van der Waals surface area (Å²) in [6.07, 6.45) is 16.4. The Balaban J connectivity index is 1.78. The number of ether oxygens (including phenoxy) is 3. The third-order valence-corrected chi connectivity index (χ3v) is 4.38. The van der Waals surface area contributed by atoms with Gasteiger partial charge in [-0.3, -0.25) is 0 Å². The van der Waals surface area contributed by atoms with Crippen molar-refractivity contribution in [3.05, 3.63) is 0 Å². The highest BCUT2D eigenvalue weighted by molar-refractivity contribution is 4.62. The Hall–Kier alpha value is -0.120. The Bertz CT molecular complexity index is 225. The van der Waals surface area contributed by atoms with Gasteiger partial charge in [-0.25, -0.2) is 0 Å². The topological polar surface area (TPSA) is 27.7 Å². The first-order valence-corrected chi connectivity index (χ1v) is 9.71. The van der Waals surface area contributed by atoms with E-state index in [4.69, 9.17) is 14.2 Å². The molecule has 1 aliphatic heterocycles. The van der Waals surface area contributed by atoms with Crippen LogP contribution in [0.1, 0.15) is 90.9 Å². The lowest BCUT2D eigenvalue weighted by Crippen LogP contribution is -2.37. The fourth-order valence-electron chi connectivity index (χ4n) is 3.00. The van der Waals surface area contributed by atoms with Crippen LogP contribution >= 0.6 is 0 Å². The molecule has 132 valence electrons. The summed E-state index contributed by atoms with van der Waals surface area (Å²) in [7, 11) is 0. The van der Waals surface area contributed by atoms with Gasteiger partial charge in [0.1, 0.15) is 6.10 Å². The van der Waals surface area contributed by atoms with Gasteiger partial charge in [-0.2, -0.15) is 0 Å². The fourth-order valence-corrected chi connectivity index (χ4v) is 3.00. The van der Waals surface area contributed by atoms with Crippen LogP contribution in [0.25, 0.3) is 0 Å². The van der Waals surface area contributed by atoms with Crippen LogP contribution in [0.2, 0.25) is 0 Å². The molecule has 3 nitrogen and oxygen atoms in total. The van der Waals surface area contributed by atoms with Crippen molar-refractivity contribution < 1.29 is 14.2 Å². The fraction of sp³-hybridized carbons (Fsp3) is 1.00. The van der Waals surface area contributed by atoms with E-state index in [0.29, 0.717) is 13.2 Å². The molecule has 0 amide bonds. The number of unbranched alkanes of at least 4 members (excludes halogenated alkanes) is 10. The van der Waals surface area contributed by atoms with Gasteiger partial charge < -0.3 is 14.2 Å². The molecule has 0 aliphatic carbocycles. The smallest absolute Gasteiger partial charge is 0.157 e. The van der Waals surface area contributed by atoms with Crippen LogP contribution < -0.4 is 0 Å². The molecule has 22 heavy (non-hydrogen) atoms. The number of rotatable bonds is 14. The largest absolute Gasteiger partial charge is 0.374 e. The first-order valence-electron chi connectivity index (χ1n) is 9.71. The summed E-state index contributed by atoms with van der Waals surface area (Å²) in [5.74, 6) is 0. The Labute approximate surface area is 138 Å². The van der Waals surface area contributed by atoms with E-state index in [2.05, 4.69) is 6.92 Å². The molecule has 1 heterocycles. The number of hydrogen-bond acceptors (Lipinski definition) is 3. The maximum atomic E-state index is 5.69. The van der Waals surface area contributed by atoms with Crippen molar-refractivity contribution in [1.82, 2.24) is 0 Å². The lowest BCUT2D eigenvalue weighted by Gasteiger charge is -2.29. The Morgan fingerprint density at radius 1 is 0.727 bits per heavy atom. The summed E-state index contributed by atoms with van der Waals surface area (Å²) in [6, 6.07) is 0. The first-order chi connectivity index (χ1) is 10.9. The molecule has 0 bridgehead atoms. The highest BCUT2D eigenvalue weighted by atomic mass is 16.7. The van der Waals surface area contributed by atoms with Gasteiger partial charge in [0, 0.05) is 6.61 Å². The maximum absolute atomic E-state index is 5.69. The van der Waals surface area contributed by atoms with E-state index < -0.39 is 0 Å². The zero-order valence-electron chi connectivity index (χ0n) is 15.0. The van der Waals surface area contributed by atoms with Gasteiger partial charge in [-0.1, -0.05) is 71.1 Å². The van der Waals surface area contributed by atoms with E-state index in [-0.39, 0.29) is 12.4 Å². The SMILES string of the molecule is CCCCCCCCCCCCCC1OCC(OCC)CO1. The minimum Gasteiger partial charge on any atom is -0.374 e. The lowest BCUT2D eigenvalue weighted by atomic mass is 10.1. The molecule has 1 fully saturated rings. The van der Waals surface area contributed by atoms with Crippen LogP contribution in [0.4, 0.5) is 0 Å². The molecule has 0 radical (unpaired) electrons. The predicted molar refractivity (Wildman–Crippen MR) is 92.2 cm³/mol. The average molecular weight is 315 g/mol. The predicted octanol–water partition coefficient (Wildman–Crippen LogP) is 5.47. The second-order valence-corrected chi connectivity index (χ2v) is 6.50. The van der Waals surface area contributed by atoms with Crippen molar-refractivity contribution in [3.8, 4) is 0 Å². The van der Waals surface area contributed by atoms with Crippen molar-refractivity contribution >= 4 is 0 Å². The molecule has 0 aromatic rings. The molecule has 3 heteroatoms. The van der Waals surface area contributed by atoms with Crippen molar-refractivity contribution in [3.63, 3.8) is 0 Å². The van der Waals surface area contributed by atoms with E-state index in [1.807, 2.05) is 6.92 Å². The molecule has 1 aliphatic rings. The standard InChI is InChI=1S/C19H38O3/c1-3-5-6-7-8-9-10-11-12-13-14-15-19-21-16-18(17-22-19)20-4-2/h18-19H,3-17H2,1-2H3. The average Bonchev–Trinajstić information content (AvgIpc) is 2.54. The van der Waals surface area contributed by atoms with Gasteiger partial charge in [0.2, 0.25) is 0 Å². The summed E-state index contributed by atoms with van der Waals surface area (Å²) in [5, 5.41) is 0. The summed E-state index contributed by atoms with van der Waals surface area (Å²) in [4.78, 5) is 0. The van der Waals surface area contributed by atoms with Gasteiger partial charge in [-0.15, -0.1) is 0 Å². The number of hydrogen-bond donors (Lipinski definition) is 0. The second kappa shape index (κ2) is 14.5. The van der Waals surface area contributed by atoms with Crippen LogP contribution in [0, 0.1) is 0 Å². The third-order valence-electron chi connectivity index (χ3n) is 4.38. The Kier molecular flexibility index (Phi) is 13.1. The van der Waals surface area contributed by atoms with Crippen molar-refractivity contribution in [2.24, 2.45) is 0 Å². The summed E-state index contributed by atoms with van der Waals surface area (Å²) in [6.45, 7) is 6.41. The molecular formula is C19H38O3. The van der Waals surface area contributed by atoms with Crippen LogP contribution in [0.15, 0.2) is 0 Å². The molecule has 0 N–H and O–H groups in total. The normalized spacial score (nSPS) is 22.1. The van der Waals surface area contributed by atoms with Gasteiger partial charge in [0.05, 0.1) is 13.2 Å². The van der Waals surface area contributed by atoms with Crippen LogP contribution in [-0.2, 0) is 14.2 Å². The lowest BCUT2D eigenvalue weighted by molar-refractivity contribution is -0.227. The molecule has 0 saturated carbocycles. The molecule has 0 spiro atoms. The minimum atomic E-state index is 0.00951. The monoisotopic (exact) mass is 314 g/mol. The first kappa shape index (κ1) is 19.9. The van der Waals surface area contributed by atoms with E-state index >= 15 is 0 Å². The van der Waals surface area contributed by atoms with Crippen LogP contribution in [-0.4, -0.2) is 32.2 Å². The molecule has 1 saturated heterocycles. The molecular weight excluding hydrogens is 276 g/mol. The van der Waals surface area contributed by atoms with E-state index in [1.165, 1.54) is 70.6 Å². The van der Waals surface area contributed by atoms with Gasteiger partial charge in [0.25, 0.3) is 0 Å².